The predicted molar refractivity (Wildman–Crippen MR) is 107 cm³/mol. The number of hydrogen-bond donors (Lipinski definition) is 1. The third kappa shape index (κ3) is 3.52. The fourth-order valence-electron chi connectivity index (χ4n) is 3.24. The average Bonchev–Trinajstić information content (AvgIpc) is 3.13. The molecule has 1 aliphatic rings. The van der Waals surface area contributed by atoms with Crippen molar-refractivity contribution in [3.63, 3.8) is 0 Å². The smallest absolute Gasteiger partial charge is 0.265 e. The van der Waals surface area contributed by atoms with E-state index in [1.807, 2.05) is 11.8 Å². The minimum absolute atomic E-state index is 0. The van der Waals surface area contributed by atoms with E-state index in [1.165, 1.54) is 36.4 Å². The minimum atomic E-state index is 0. The van der Waals surface area contributed by atoms with Gasteiger partial charge in [0.25, 0.3) is 5.01 Å². The number of fused-ring (bicyclic) bond motifs is 2. The number of aliphatic hydroxyl groups excluding tert-OH is 1. The number of thiazole rings is 1. The third-order valence-corrected chi connectivity index (χ3v) is 6.63. The Bertz CT molecular complexity index is 968. The molecule has 0 unspecified atom stereocenters. The molecule has 0 radical (unpaired) electrons. The summed E-state index contributed by atoms with van der Waals surface area (Å²) in [4.78, 5) is 3.69. The van der Waals surface area contributed by atoms with Crippen LogP contribution in [0.2, 0.25) is 0 Å². The highest BCUT2D eigenvalue weighted by atomic mass is 127. The molecule has 0 amide bonds. The second-order valence-corrected chi connectivity index (χ2v) is 8.21. The van der Waals surface area contributed by atoms with E-state index >= 15 is 0 Å². The number of anilines is 1. The van der Waals surface area contributed by atoms with Gasteiger partial charge in [0, 0.05) is 17.5 Å². The van der Waals surface area contributed by atoms with Gasteiger partial charge in [-0.05, 0) is 37.6 Å². The van der Waals surface area contributed by atoms with Crippen molar-refractivity contribution in [1.82, 2.24) is 0 Å². The van der Waals surface area contributed by atoms with Gasteiger partial charge in [-0.2, -0.15) is 4.57 Å². The van der Waals surface area contributed by atoms with Crippen molar-refractivity contribution in [1.29, 1.82) is 0 Å². The molecule has 0 aliphatic carbocycles. The van der Waals surface area contributed by atoms with Gasteiger partial charge in [-0.1, -0.05) is 41.3 Å². The lowest BCUT2D eigenvalue weighted by Crippen LogP contribution is -3.00. The van der Waals surface area contributed by atoms with Gasteiger partial charge in [0.2, 0.25) is 5.52 Å². The van der Waals surface area contributed by atoms with Crippen LogP contribution in [0.15, 0.2) is 52.4 Å². The Labute approximate surface area is 179 Å². The second-order valence-electron chi connectivity index (χ2n) is 6.08. The van der Waals surface area contributed by atoms with Crippen molar-refractivity contribution in [2.24, 2.45) is 0 Å². The normalized spacial score (nSPS) is 14.7. The first kappa shape index (κ1) is 19.7. The summed E-state index contributed by atoms with van der Waals surface area (Å²) in [6.07, 6.45) is 2.27. The monoisotopic (exact) mass is 496 g/mol. The largest absolute Gasteiger partial charge is 1.00 e. The predicted octanol–water partition coefficient (Wildman–Crippen LogP) is 1.42. The molecule has 2 heterocycles. The molecule has 0 saturated heterocycles. The van der Waals surface area contributed by atoms with Gasteiger partial charge in [0.1, 0.15) is 11.3 Å². The van der Waals surface area contributed by atoms with Crippen molar-refractivity contribution < 1.29 is 33.7 Å². The number of nitrogens with zero attached hydrogens (tertiary/aromatic N) is 2. The Kier molecular flexibility index (Phi) is 6.27. The van der Waals surface area contributed by atoms with Crippen molar-refractivity contribution in [2.45, 2.75) is 25.3 Å². The van der Waals surface area contributed by atoms with Gasteiger partial charge >= 0.3 is 0 Å². The van der Waals surface area contributed by atoms with E-state index in [0.717, 1.165) is 6.54 Å². The number of benzene rings is 2. The summed E-state index contributed by atoms with van der Waals surface area (Å²) in [5.74, 6) is 0. The molecule has 3 nitrogen and oxygen atoms in total. The Morgan fingerprint density at radius 2 is 2.00 bits per heavy atom. The number of para-hydroxylation sites is 1. The first-order chi connectivity index (χ1) is 12.2. The number of hydrogen-bond acceptors (Lipinski definition) is 4. The molecule has 136 valence electrons. The van der Waals surface area contributed by atoms with E-state index in [2.05, 4.69) is 71.9 Å². The van der Waals surface area contributed by atoms with Gasteiger partial charge in [-0.15, -0.1) is 0 Å². The first-order valence-electron chi connectivity index (χ1n) is 8.51. The van der Waals surface area contributed by atoms with Gasteiger partial charge < -0.3 is 34.0 Å². The molecule has 1 aromatic heterocycles. The molecule has 6 heteroatoms. The van der Waals surface area contributed by atoms with Crippen LogP contribution in [-0.4, -0.2) is 18.3 Å². The first-order valence-corrected chi connectivity index (χ1v) is 10.1. The van der Waals surface area contributed by atoms with Crippen LogP contribution in [0.25, 0.3) is 16.3 Å². The van der Waals surface area contributed by atoms with E-state index in [-0.39, 0.29) is 30.6 Å². The van der Waals surface area contributed by atoms with E-state index in [9.17, 15) is 5.11 Å². The summed E-state index contributed by atoms with van der Waals surface area (Å²) in [7, 11) is 0. The number of halogens is 1. The number of aryl methyl sites for hydroxylation is 1. The molecule has 1 aliphatic heterocycles. The van der Waals surface area contributed by atoms with Crippen LogP contribution in [0.1, 0.15) is 17.5 Å². The van der Waals surface area contributed by atoms with Gasteiger partial charge in [-0.25, -0.2) is 0 Å². The zero-order chi connectivity index (χ0) is 17.4. The van der Waals surface area contributed by atoms with Gasteiger partial charge in [-0.3, -0.25) is 0 Å². The molecule has 0 bridgehead atoms. The molecular weight excluding hydrogens is 475 g/mol. The van der Waals surface area contributed by atoms with Crippen LogP contribution in [0.4, 0.5) is 5.69 Å². The van der Waals surface area contributed by atoms with Crippen LogP contribution in [0.5, 0.6) is 0 Å². The topological polar surface area (TPSA) is 27.4 Å². The zero-order valence-electron chi connectivity index (χ0n) is 14.8. The van der Waals surface area contributed by atoms with Gasteiger partial charge in [0.05, 0.1) is 16.8 Å². The average molecular weight is 496 g/mol. The van der Waals surface area contributed by atoms with Crippen LogP contribution >= 0.6 is 23.1 Å². The highest BCUT2D eigenvalue weighted by Gasteiger charge is 2.26. The number of thioether (sulfide) groups is 1. The Hall–Kier alpha value is -1.09. The van der Waals surface area contributed by atoms with Crippen LogP contribution in [0, 0.1) is 6.92 Å². The summed E-state index contributed by atoms with van der Waals surface area (Å²) in [6, 6.07) is 15.1. The number of aromatic nitrogens is 1. The van der Waals surface area contributed by atoms with Crippen molar-refractivity contribution >= 4 is 45.1 Å². The second kappa shape index (κ2) is 8.29. The Morgan fingerprint density at radius 1 is 1.19 bits per heavy atom. The maximum Gasteiger partial charge on any atom is 0.265 e. The summed E-state index contributed by atoms with van der Waals surface area (Å²) in [6.45, 7) is 6.04. The maximum absolute atomic E-state index is 9.50. The van der Waals surface area contributed by atoms with E-state index in [4.69, 9.17) is 0 Å². The third-order valence-electron chi connectivity index (χ3n) is 4.41. The van der Waals surface area contributed by atoms with E-state index < -0.39 is 0 Å². The van der Waals surface area contributed by atoms with Crippen molar-refractivity contribution in [3.8, 4) is 0 Å². The van der Waals surface area contributed by atoms with Crippen LogP contribution in [0.3, 0.4) is 0 Å². The highest BCUT2D eigenvalue weighted by Crippen LogP contribution is 2.47. The summed E-state index contributed by atoms with van der Waals surface area (Å²) in [5.41, 5.74) is 3.78. The molecular formula is C20H21IN2OS2. The lowest BCUT2D eigenvalue weighted by atomic mass is 10.2. The van der Waals surface area contributed by atoms with E-state index in [1.54, 1.807) is 11.3 Å². The molecule has 26 heavy (non-hydrogen) atoms. The lowest BCUT2D eigenvalue weighted by Gasteiger charge is -2.17. The van der Waals surface area contributed by atoms with Gasteiger partial charge in [0.15, 0.2) is 6.54 Å². The minimum Gasteiger partial charge on any atom is -1.00 e. The standard InChI is InChI=1S/C20H21N2OS2.HI/c1-3-21-16-12-14(2)8-9-18(16)25-19(21)13-20-22(10-11-23)15-6-4-5-7-17(15)24-20;/h4-9,12-13,23H,3,10-11H2,1-2H3;1H/q+1;/p-1. The highest BCUT2D eigenvalue weighted by molar-refractivity contribution is 8.03. The fraction of sp³-hybridized carbons (Fsp3) is 0.250. The fourth-order valence-corrected chi connectivity index (χ4v) is 5.58. The van der Waals surface area contributed by atoms with Crippen molar-refractivity contribution in [3.05, 3.63) is 58.1 Å². The summed E-state index contributed by atoms with van der Waals surface area (Å²) in [5, 5.41) is 11.9. The van der Waals surface area contributed by atoms with E-state index in [0.29, 0.717) is 6.54 Å². The van der Waals surface area contributed by atoms with Crippen LogP contribution in [-0.2, 0) is 6.54 Å². The summed E-state index contributed by atoms with van der Waals surface area (Å²) < 4.78 is 3.47. The molecule has 0 fully saturated rings. The molecule has 0 atom stereocenters. The number of rotatable bonds is 4. The Balaban J connectivity index is 0.00000196. The Morgan fingerprint density at radius 3 is 2.77 bits per heavy atom. The molecule has 0 saturated carbocycles. The molecule has 2 aromatic carbocycles. The molecule has 4 rings (SSSR count). The quantitative estimate of drug-likeness (QED) is 0.438. The molecule has 0 spiro atoms. The maximum atomic E-state index is 9.50. The van der Waals surface area contributed by atoms with Crippen LogP contribution < -0.4 is 33.4 Å². The molecule has 1 N–H and O–H groups in total. The summed E-state index contributed by atoms with van der Waals surface area (Å²) >= 11 is 3.61. The zero-order valence-corrected chi connectivity index (χ0v) is 18.6. The van der Waals surface area contributed by atoms with Crippen molar-refractivity contribution in [2.75, 3.05) is 18.1 Å². The lowest BCUT2D eigenvalue weighted by molar-refractivity contribution is -0.670. The number of aliphatic hydroxyl groups is 1. The molecule has 3 aromatic rings. The SMILES string of the molecule is CCN1/C(=C/c2sc3ccccc3[n+]2CCO)Sc2ccc(C)cc21.[I-].